The summed E-state index contributed by atoms with van der Waals surface area (Å²) in [5.74, 6) is 0. The first-order chi connectivity index (χ1) is 5.83. The molecule has 1 aromatic rings. The highest BCUT2D eigenvalue weighted by atomic mass is 32.1. The van der Waals surface area contributed by atoms with Gasteiger partial charge in [0.2, 0.25) is 0 Å². The van der Waals surface area contributed by atoms with E-state index in [0.717, 1.165) is 17.0 Å². The number of thiazole rings is 1. The van der Waals surface area contributed by atoms with E-state index < -0.39 is 0 Å². The van der Waals surface area contributed by atoms with E-state index in [2.05, 4.69) is 10.7 Å². The Labute approximate surface area is 75.9 Å². The van der Waals surface area contributed by atoms with Crippen LogP contribution in [-0.4, -0.2) is 18.3 Å². The Morgan fingerprint density at radius 3 is 2.67 bits per heavy atom. The summed E-state index contributed by atoms with van der Waals surface area (Å²) in [7, 11) is 1.50. The highest BCUT2D eigenvalue weighted by molar-refractivity contribution is 7.09. The molecular formula is C8H12N2OS. The van der Waals surface area contributed by atoms with Gasteiger partial charge in [-0.3, -0.25) is 4.79 Å². The number of rotatable bonds is 2. The molecule has 0 atom stereocenters. The Morgan fingerprint density at radius 1 is 1.58 bits per heavy atom. The van der Waals surface area contributed by atoms with E-state index in [0.29, 0.717) is 0 Å². The number of aldehydes is 1. The first kappa shape index (κ1) is 11.0. The number of carbonyl (C=O) groups is 1. The molecule has 0 saturated carbocycles. The molecule has 0 saturated heterocycles. The molecule has 1 aromatic heterocycles. The van der Waals surface area contributed by atoms with E-state index >= 15 is 0 Å². The van der Waals surface area contributed by atoms with Gasteiger partial charge in [0.15, 0.2) is 0 Å². The summed E-state index contributed by atoms with van der Waals surface area (Å²) >= 11 is 1.58. The van der Waals surface area contributed by atoms with E-state index in [1.807, 2.05) is 12.3 Å². The fraction of sp³-hybridized carbons (Fsp3) is 0.250. The summed E-state index contributed by atoms with van der Waals surface area (Å²) in [6, 6.07) is 0. The zero-order chi connectivity index (χ0) is 9.40. The van der Waals surface area contributed by atoms with Crippen LogP contribution >= 0.6 is 11.3 Å². The van der Waals surface area contributed by atoms with Gasteiger partial charge in [-0.05, 0) is 26.1 Å². The lowest BCUT2D eigenvalue weighted by Crippen LogP contribution is -1.70. The van der Waals surface area contributed by atoms with Crippen LogP contribution in [0.2, 0.25) is 0 Å². The molecule has 2 N–H and O–H groups in total. The van der Waals surface area contributed by atoms with Crippen LogP contribution in [0.3, 0.4) is 0 Å². The summed E-state index contributed by atoms with van der Waals surface area (Å²) in [5, 5.41) is 2.93. The van der Waals surface area contributed by atoms with Crippen molar-refractivity contribution in [3.63, 3.8) is 0 Å². The molecule has 12 heavy (non-hydrogen) atoms. The van der Waals surface area contributed by atoms with Crippen molar-refractivity contribution < 1.29 is 4.79 Å². The molecule has 66 valence electrons. The molecule has 0 amide bonds. The van der Waals surface area contributed by atoms with Crippen LogP contribution in [0.25, 0.3) is 6.08 Å². The number of carbonyl (C=O) groups excluding carboxylic acids is 1. The van der Waals surface area contributed by atoms with E-state index in [-0.39, 0.29) is 0 Å². The molecule has 1 heterocycles. The van der Waals surface area contributed by atoms with Crippen molar-refractivity contribution in [2.75, 3.05) is 7.05 Å². The number of nitrogens with zero attached hydrogens (tertiary/aromatic N) is 1. The van der Waals surface area contributed by atoms with Gasteiger partial charge in [0, 0.05) is 5.38 Å². The van der Waals surface area contributed by atoms with Crippen molar-refractivity contribution in [1.29, 1.82) is 0 Å². The maximum Gasteiger partial charge on any atom is 0.142 e. The molecule has 0 aliphatic rings. The minimum Gasteiger partial charge on any atom is -0.333 e. The monoisotopic (exact) mass is 184 g/mol. The van der Waals surface area contributed by atoms with Gasteiger partial charge < -0.3 is 5.73 Å². The number of hydrogen-bond acceptors (Lipinski definition) is 4. The second-order valence-electron chi connectivity index (χ2n) is 1.79. The standard InChI is InChI=1S/C7H7NOS.CH5N/c1-6-8-7(5-10-6)3-2-4-9;1-2/h2-5H,1H3;2H2,1H3/b3-2+;. The smallest absolute Gasteiger partial charge is 0.142 e. The maximum absolute atomic E-state index is 9.87. The zero-order valence-electron chi connectivity index (χ0n) is 7.15. The van der Waals surface area contributed by atoms with Gasteiger partial charge in [-0.25, -0.2) is 4.98 Å². The third-order valence-electron chi connectivity index (χ3n) is 0.982. The third-order valence-corrected chi connectivity index (χ3v) is 1.77. The Morgan fingerprint density at radius 2 is 2.25 bits per heavy atom. The first-order valence-corrected chi connectivity index (χ1v) is 4.32. The van der Waals surface area contributed by atoms with Crippen LogP contribution in [-0.2, 0) is 4.79 Å². The summed E-state index contributed by atoms with van der Waals surface area (Å²) in [5.41, 5.74) is 5.36. The molecule has 0 aliphatic carbocycles. The average molecular weight is 184 g/mol. The van der Waals surface area contributed by atoms with Gasteiger partial charge in [0.05, 0.1) is 10.7 Å². The highest BCUT2D eigenvalue weighted by Crippen LogP contribution is 2.08. The molecule has 0 aliphatic heterocycles. The number of nitrogens with two attached hydrogens (primary N) is 1. The molecule has 1 rings (SSSR count). The Kier molecular flexibility index (Phi) is 6.14. The summed E-state index contributed by atoms with van der Waals surface area (Å²) < 4.78 is 0. The molecule has 0 spiro atoms. The zero-order valence-corrected chi connectivity index (χ0v) is 7.97. The van der Waals surface area contributed by atoms with Crippen LogP contribution in [0, 0.1) is 6.92 Å². The van der Waals surface area contributed by atoms with Gasteiger partial charge in [-0.2, -0.15) is 0 Å². The first-order valence-electron chi connectivity index (χ1n) is 3.44. The summed E-state index contributed by atoms with van der Waals surface area (Å²) in [6.07, 6.45) is 3.87. The molecule has 0 unspecified atom stereocenters. The van der Waals surface area contributed by atoms with Crippen molar-refractivity contribution in [2.24, 2.45) is 5.73 Å². The normalized spacial score (nSPS) is 9.25. The topological polar surface area (TPSA) is 56.0 Å². The fourth-order valence-electron chi connectivity index (χ4n) is 0.595. The van der Waals surface area contributed by atoms with Crippen LogP contribution < -0.4 is 5.73 Å². The molecule has 0 aromatic carbocycles. The quantitative estimate of drug-likeness (QED) is 0.555. The van der Waals surface area contributed by atoms with E-state index in [4.69, 9.17) is 0 Å². The Bertz CT molecular complexity index is 255. The predicted octanol–water partition coefficient (Wildman–Crippen LogP) is 1.24. The van der Waals surface area contributed by atoms with E-state index in [1.54, 1.807) is 17.4 Å². The van der Waals surface area contributed by atoms with Crippen molar-refractivity contribution in [3.05, 3.63) is 22.2 Å². The molecule has 0 bridgehead atoms. The van der Waals surface area contributed by atoms with Crippen LogP contribution in [0.15, 0.2) is 11.5 Å². The highest BCUT2D eigenvalue weighted by Gasteiger charge is 1.90. The van der Waals surface area contributed by atoms with E-state index in [1.165, 1.54) is 13.1 Å². The molecule has 3 nitrogen and oxygen atoms in total. The van der Waals surface area contributed by atoms with Crippen molar-refractivity contribution in [1.82, 2.24) is 4.98 Å². The number of aromatic nitrogens is 1. The third kappa shape index (κ3) is 4.00. The largest absolute Gasteiger partial charge is 0.333 e. The second kappa shape index (κ2) is 6.69. The minimum absolute atomic E-state index is 0.745. The van der Waals surface area contributed by atoms with Crippen LogP contribution in [0.4, 0.5) is 0 Å². The molecule has 0 radical (unpaired) electrons. The van der Waals surface area contributed by atoms with Gasteiger partial charge in [0.1, 0.15) is 6.29 Å². The van der Waals surface area contributed by atoms with Crippen LogP contribution in [0.1, 0.15) is 10.7 Å². The maximum atomic E-state index is 9.87. The number of aryl methyl sites for hydroxylation is 1. The minimum atomic E-state index is 0.745. The number of hydrogen-bond donors (Lipinski definition) is 1. The fourth-order valence-corrected chi connectivity index (χ4v) is 1.18. The van der Waals surface area contributed by atoms with Gasteiger partial charge in [-0.15, -0.1) is 11.3 Å². The van der Waals surface area contributed by atoms with Crippen LogP contribution in [0.5, 0.6) is 0 Å². The van der Waals surface area contributed by atoms with Crippen molar-refractivity contribution in [2.45, 2.75) is 6.92 Å². The van der Waals surface area contributed by atoms with Gasteiger partial charge in [0.25, 0.3) is 0 Å². The van der Waals surface area contributed by atoms with Gasteiger partial charge >= 0.3 is 0 Å². The van der Waals surface area contributed by atoms with Crippen molar-refractivity contribution in [3.8, 4) is 0 Å². The van der Waals surface area contributed by atoms with E-state index in [9.17, 15) is 4.79 Å². The van der Waals surface area contributed by atoms with Gasteiger partial charge in [-0.1, -0.05) is 0 Å². The lowest BCUT2D eigenvalue weighted by atomic mass is 10.4. The predicted molar refractivity (Wildman–Crippen MR) is 52.1 cm³/mol. The summed E-state index contributed by atoms with van der Waals surface area (Å²) in [6.45, 7) is 1.93. The second-order valence-corrected chi connectivity index (χ2v) is 2.85. The Hall–Kier alpha value is -1.00. The SMILES string of the molecule is CN.Cc1nc(/C=C/C=O)cs1. The Balaban J connectivity index is 0.000000561. The average Bonchev–Trinajstić information content (AvgIpc) is 2.51. The molecule has 4 heteroatoms. The lowest BCUT2D eigenvalue weighted by Gasteiger charge is -1.76. The molecular weight excluding hydrogens is 172 g/mol. The van der Waals surface area contributed by atoms with Crippen molar-refractivity contribution >= 4 is 23.7 Å². The molecule has 0 fully saturated rings. The number of allylic oxidation sites excluding steroid dienone is 1. The summed E-state index contributed by atoms with van der Waals surface area (Å²) in [4.78, 5) is 14.0. The lowest BCUT2D eigenvalue weighted by molar-refractivity contribution is -0.104.